The Morgan fingerprint density at radius 2 is 2.11 bits per heavy atom. The van der Waals surface area contributed by atoms with Gasteiger partial charge in [-0.25, -0.2) is 0 Å². The number of aryl methyl sites for hydroxylation is 1. The molecule has 108 valence electrons. The number of nitrogens with zero attached hydrogens (tertiary/aromatic N) is 1. The number of pyridine rings is 1. The summed E-state index contributed by atoms with van der Waals surface area (Å²) in [6.07, 6.45) is 4.97. The zero-order valence-electron chi connectivity index (χ0n) is 13.0. The summed E-state index contributed by atoms with van der Waals surface area (Å²) in [4.78, 5) is 4.59. The van der Waals surface area contributed by atoms with Crippen molar-refractivity contribution in [1.82, 2.24) is 10.3 Å². The summed E-state index contributed by atoms with van der Waals surface area (Å²) in [5.41, 5.74) is 2.46. The Morgan fingerprint density at radius 3 is 2.68 bits per heavy atom. The van der Waals surface area contributed by atoms with E-state index in [1.165, 1.54) is 11.3 Å². The normalized spacial score (nSPS) is 13.5. The van der Waals surface area contributed by atoms with Gasteiger partial charge in [0.2, 0.25) is 0 Å². The lowest BCUT2D eigenvalue weighted by molar-refractivity contribution is 0.0116. The summed E-state index contributed by atoms with van der Waals surface area (Å²) in [5, 5.41) is 3.55. The summed E-state index contributed by atoms with van der Waals surface area (Å²) in [5.74, 6) is 0. The molecule has 3 nitrogen and oxygen atoms in total. The highest BCUT2D eigenvalue weighted by molar-refractivity contribution is 5.22. The first-order chi connectivity index (χ1) is 9.04. The SMILES string of the molecule is CCNC(CCC(C)(C)OC)c1ncccc1CC. The molecule has 3 heteroatoms. The number of aromatic nitrogens is 1. The first-order valence-corrected chi connectivity index (χ1v) is 7.26. The van der Waals surface area contributed by atoms with Crippen LogP contribution in [0, 0.1) is 0 Å². The topological polar surface area (TPSA) is 34.1 Å². The summed E-state index contributed by atoms with van der Waals surface area (Å²) in [6, 6.07) is 4.51. The van der Waals surface area contributed by atoms with Gasteiger partial charge in [-0.15, -0.1) is 0 Å². The number of rotatable bonds is 8. The molecule has 1 atom stereocenters. The fourth-order valence-electron chi connectivity index (χ4n) is 2.24. The molecule has 1 rings (SSSR count). The molecule has 19 heavy (non-hydrogen) atoms. The Labute approximate surface area is 117 Å². The molecule has 0 aliphatic carbocycles. The van der Waals surface area contributed by atoms with Gasteiger partial charge in [-0.2, -0.15) is 0 Å². The first-order valence-electron chi connectivity index (χ1n) is 7.26. The summed E-state index contributed by atoms with van der Waals surface area (Å²) < 4.78 is 5.51. The number of nitrogens with one attached hydrogen (secondary N) is 1. The lowest BCUT2D eigenvalue weighted by atomic mass is 9.94. The second-order valence-electron chi connectivity index (χ2n) is 5.51. The molecule has 1 aromatic rings. The molecule has 1 unspecified atom stereocenters. The maximum atomic E-state index is 5.51. The van der Waals surface area contributed by atoms with Gasteiger partial charge in [-0.1, -0.05) is 19.9 Å². The second-order valence-corrected chi connectivity index (χ2v) is 5.51. The monoisotopic (exact) mass is 264 g/mol. The van der Waals surface area contributed by atoms with Crippen molar-refractivity contribution in [2.24, 2.45) is 0 Å². The minimum absolute atomic E-state index is 0.0746. The van der Waals surface area contributed by atoms with Crippen LogP contribution in [0.25, 0.3) is 0 Å². The standard InChI is InChI=1S/C16H28N2O/c1-6-13-9-8-12-18-15(13)14(17-7-2)10-11-16(3,4)19-5/h8-9,12,14,17H,6-7,10-11H2,1-5H3. The maximum absolute atomic E-state index is 5.51. The van der Waals surface area contributed by atoms with Crippen molar-refractivity contribution in [2.75, 3.05) is 13.7 Å². The number of methoxy groups -OCH3 is 1. The highest BCUT2D eigenvalue weighted by Crippen LogP contribution is 2.25. The van der Waals surface area contributed by atoms with Gasteiger partial charge in [0.05, 0.1) is 11.3 Å². The van der Waals surface area contributed by atoms with Crippen molar-refractivity contribution in [3.8, 4) is 0 Å². The van der Waals surface area contributed by atoms with Crippen LogP contribution < -0.4 is 5.32 Å². The van der Waals surface area contributed by atoms with E-state index >= 15 is 0 Å². The molecule has 0 spiro atoms. The average molecular weight is 264 g/mol. The Balaban J connectivity index is 2.82. The fraction of sp³-hybridized carbons (Fsp3) is 0.688. The van der Waals surface area contributed by atoms with Crippen LogP contribution in [0.4, 0.5) is 0 Å². The Hall–Kier alpha value is -0.930. The van der Waals surface area contributed by atoms with Crippen molar-refractivity contribution in [1.29, 1.82) is 0 Å². The van der Waals surface area contributed by atoms with E-state index in [4.69, 9.17) is 4.74 Å². The van der Waals surface area contributed by atoms with Crippen molar-refractivity contribution in [3.05, 3.63) is 29.6 Å². The van der Waals surface area contributed by atoms with E-state index in [1.807, 2.05) is 12.3 Å². The fourth-order valence-corrected chi connectivity index (χ4v) is 2.24. The lowest BCUT2D eigenvalue weighted by Gasteiger charge is -2.27. The van der Waals surface area contributed by atoms with Gasteiger partial charge < -0.3 is 10.1 Å². The molecule has 0 saturated heterocycles. The molecule has 0 bridgehead atoms. The Bertz CT molecular complexity index is 377. The van der Waals surface area contributed by atoms with E-state index in [0.717, 1.165) is 25.8 Å². The van der Waals surface area contributed by atoms with Gasteiger partial charge in [0.25, 0.3) is 0 Å². The van der Waals surface area contributed by atoms with Gasteiger partial charge >= 0.3 is 0 Å². The third-order valence-corrected chi connectivity index (χ3v) is 3.68. The molecule has 0 fully saturated rings. The minimum atomic E-state index is -0.0746. The van der Waals surface area contributed by atoms with Crippen LogP contribution in [0.3, 0.4) is 0 Å². The predicted molar refractivity (Wildman–Crippen MR) is 80.4 cm³/mol. The zero-order chi connectivity index (χ0) is 14.3. The third kappa shape index (κ3) is 4.92. The summed E-state index contributed by atoms with van der Waals surface area (Å²) in [6.45, 7) is 9.55. The second kappa shape index (κ2) is 7.61. The molecule has 1 aromatic heterocycles. The third-order valence-electron chi connectivity index (χ3n) is 3.68. The molecular formula is C16H28N2O. The van der Waals surface area contributed by atoms with E-state index in [2.05, 4.69) is 44.1 Å². The molecule has 1 heterocycles. The predicted octanol–water partition coefficient (Wildman–Crippen LogP) is 3.50. The average Bonchev–Trinajstić information content (AvgIpc) is 2.43. The molecule has 0 aliphatic heterocycles. The van der Waals surface area contributed by atoms with E-state index < -0.39 is 0 Å². The smallest absolute Gasteiger partial charge is 0.0623 e. The van der Waals surface area contributed by atoms with Crippen LogP contribution in [0.2, 0.25) is 0 Å². The number of ether oxygens (including phenoxy) is 1. The summed E-state index contributed by atoms with van der Waals surface area (Å²) >= 11 is 0. The van der Waals surface area contributed by atoms with E-state index in [1.54, 1.807) is 7.11 Å². The van der Waals surface area contributed by atoms with Crippen LogP contribution in [-0.4, -0.2) is 24.2 Å². The largest absolute Gasteiger partial charge is 0.379 e. The number of hydrogen-bond acceptors (Lipinski definition) is 3. The van der Waals surface area contributed by atoms with Gasteiger partial charge in [0.1, 0.15) is 0 Å². The van der Waals surface area contributed by atoms with Crippen molar-refractivity contribution in [3.63, 3.8) is 0 Å². The lowest BCUT2D eigenvalue weighted by Crippen LogP contribution is -2.28. The Morgan fingerprint density at radius 1 is 1.37 bits per heavy atom. The van der Waals surface area contributed by atoms with Crippen LogP contribution in [0.5, 0.6) is 0 Å². The minimum Gasteiger partial charge on any atom is -0.379 e. The number of hydrogen-bond donors (Lipinski definition) is 1. The van der Waals surface area contributed by atoms with Crippen molar-refractivity contribution < 1.29 is 4.74 Å². The van der Waals surface area contributed by atoms with E-state index in [-0.39, 0.29) is 5.60 Å². The quantitative estimate of drug-likeness (QED) is 0.780. The molecule has 1 N–H and O–H groups in total. The molecule has 0 saturated carbocycles. The maximum Gasteiger partial charge on any atom is 0.0623 e. The molecular weight excluding hydrogens is 236 g/mol. The van der Waals surface area contributed by atoms with Crippen LogP contribution >= 0.6 is 0 Å². The van der Waals surface area contributed by atoms with E-state index in [0.29, 0.717) is 6.04 Å². The Kier molecular flexibility index (Phi) is 6.46. The molecule has 0 aliphatic rings. The van der Waals surface area contributed by atoms with E-state index in [9.17, 15) is 0 Å². The van der Waals surface area contributed by atoms with Gasteiger partial charge in [0, 0.05) is 19.3 Å². The summed E-state index contributed by atoms with van der Waals surface area (Å²) in [7, 11) is 1.78. The van der Waals surface area contributed by atoms with Crippen LogP contribution in [-0.2, 0) is 11.2 Å². The van der Waals surface area contributed by atoms with Crippen molar-refractivity contribution >= 4 is 0 Å². The van der Waals surface area contributed by atoms with Crippen LogP contribution in [0.1, 0.15) is 57.8 Å². The zero-order valence-corrected chi connectivity index (χ0v) is 13.0. The van der Waals surface area contributed by atoms with Gasteiger partial charge in [-0.05, 0) is 51.3 Å². The van der Waals surface area contributed by atoms with Crippen molar-refractivity contribution in [2.45, 2.75) is 58.6 Å². The van der Waals surface area contributed by atoms with Gasteiger partial charge in [0.15, 0.2) is 0 Å². The highest BCUT2D eigenvalue weighted by atomic mass is 16.5. The van der Waals surface area contributed by atoms with Crippen LogP contribution in [0.15, 0.2) is 18.3 Å². The highest BCUT2D eigenvalue weighted by Gasteiger charge is 2.21. The first kappa shape index (κ1) is 16.1. The molecule has 0 amide bonds. The molecule has 0 radical (unpaired) electrons. The van der Waals surface area contributed by atoms with Gasteiger partial charge in [-0.3, -0.25) is 4.98 Å². The molecule has 0 aromatic carbocycles.